The fourth-order valence-corrected chi connectivity index (χ4v) is 4.53. The lowest BCUT2D eigenvalue weighted by Gasteiger charge is -2.21. The van der Waals surface area contributed by atoms with Gasteiger partial charge in [-0.25, -0.2) is 13.8 Å². The molecule has 0 spiro atoms. The van der Waals surface area contributed by atoms with Gasteiger partial charge in [0.15, 0.2) is 0 Å². The molecule has 0 saturated heterocycles. The molecule has 0 fully saturated rings. The molecule has 0 aliphatic carbocycles. The highest BCUT2D eigenvalue weighted by molar-refractivity contribution is 7.89. The van der Waals surface area contributed by atoms with Crippen LogP contribution in [0.4, 0.5) is 0 Å². The number of hydrazone groups is 1. The summed E-state index contributed by atoms with van der Waals surface area (Å²) in [5.74, 6) is -0.454. The van der Waals surface area contributed by atoms with Gasteiger partial charge in [0.05, 0.1) is 21.2 Å². The zero-order valence-corrected chi connectivity index (χ0v) is 18.6. The van der Waals surface area contributed by atoms with Crippen molar-refractivity contribution in [2.75, 3.05) is 13.1 Å². The van der Waals surface area contributed by atoms with E-state index in [2.05, 4.69) is 10.5 Å². The smallest absolute Gasteiger partial charge is 0.267 e. The third-order valence-electron chi connectivity index (χ3n) is 4.02. The molecule has 2 aromatic rings. The topological polar surface area (TPSA) is 78.8 Å². The maximum absolute atomic E-state index is 12.8. The van der Waals surface area contributed by atoms with Gasteiger partial charge in [-0.1, -0.05) is 43.1 Å². The van der Waals surface area contributed by atoms with E-state index in [0.717, 1.165) is 12.8 Å². The predicted molar refractivity (Wildman–Crippen MR) is 117 cm³/mol. The van der Waals surface area contributed by atoms with Gasteiger partial charge in [-0.3, -0.25) is 4.79 Å². The van der Waals surface area contributed by atoms with Crippen LogP contribution in [-0.4, -0.2) is 37.9 Å². The number of nitrogens with one attached hydrogen (secondary N) is 1. The van der Waals surface area contributed by atoms with E-state index in [0.29, 0.717) is 34.3 Å². The van der Waals surface area contributed by atoms with Gasteiger partial charge in [-0.2, -0.15) is 9.41 Å². The highest BCUT2D eigenvalue weighted by Crippen LogP contribution is 2.22. The number of halogens is 2. The Morgan fingerprint density at radius 3 is 2.21 bits per heavy atom. The van der Waals surface area contributed by atoms with E-state index in [9.17, 15) is 13.2 Å². The molecule has 6 nitrogen and oxygen atoms in total. The Morgan fingerprint density at radius 1 is 1.03 bits per heavy atom. The molecule has 0 heterocycles. The quantitative estimate of drug-likeness (QED) is 0.444. The van der Waals surface area contributed by atoms with Gasteiger partial charge in [0, 0.05) is 18.7 Å². The molecule has 2 aromatic carbocycles. The van der Waals surface area contributed by atoms with Crippen LogP contribution in [0.15, 0.2) is 52.5 Å². The number of nitrogens with zero attached hydrogens (tertiary/aromatic N) is 2. The molecule has 0 atom stereocenters. The van der Waals surface area contributed by atoms with Gasteiger partial charge in [-0.05, 0) is 54.8 Å². The molecule has 0 radical (unpaired) electrons. The minimum atomic E-state index is -3.58. The van der Waals surface area contributed by atoms with Crippen LogP contribution in [0.25, 0.3) is 0 Å². The summed E-state index contributed by atoms with van der Waals surface area (Å²) in [7, 11) is -3.58. The third kappa shape index (κ3) is 6.27. The van der Waals surface area contributed by atoms with Crippen LogP contribution >= 0.6 is 23.2 Å². The van der Waals surface area contributed by atoms with Crippen LogP contribution in [0.1, 0.15) is 42.6 Å². The molecule has 0 aliphatic rings. The standard InChI is InChI=1S/C20H23Cl2N3O3S/c1-3-11-25(12-4-2)29(27,28)17-8-6-16(7-9-17)20(26)24-23-14-15-5-10-18(21)19(22)13-15/h5-10,13-14H,3-4,11-12H2,1-2H3,(H,24,26)/b23-14-. The van der Waals surface area contributed by atoms with Crippen molar-refractivity contribution in [1.82, 2.24) is 9.73 Å². The normalized spacial score (nSPS) is 11.9. The van der Waals surface area contributed by atoms with Crippen molar-refractivity contribution in [3.8, 4) is 0 Å². The van der Waals surface area contributed by atoms with Crippen LogP contribution in [0.3, 0.4) is 0 Å². The lowest BCUT2D eigenvalue weighted by Crippen LogP contribution is -2.32. The Labute approximate surface area is 181 Å². The third-order valence-corrected chi connectivity index (χ3v) is 6.68. The number of hydrogen-bond acceptors (Lipinski definition) is 4. The van der Waals surface area contributed by atoms with Gasteiger partial charge in [0.1, 0.15) is 0 Å². The number of hydrogen-bond donors (Lipinski definition) is 1. The summed E-state index contributed by atoms with van der Waals surface area (Å²) in [5, 5.41) is 4.70. The molecule has 1 N–H and O–H groups in total. The zero-order chi connectivity index (χ0) is 21.4. The largest absolute Gasteiger partial charge is 0.271 e. The van der Waals surface area contributed by atoms with Gasteiger partial charge in [0.2, 0.25) is 10.0 Å². The molecule has 0 unspecified atom stereocenters. The van der Waals surface area contributed by atoms with Crippen molar-refractivity contribution in [3.05, 3.63) is 63.6 Å². The second-order valence-electron chi connectivity index (χ2n) is 6.30. The number of carbonyl (C=O) groups excluding carboxylic acids is 1. The molecule has 9 heteroatoms. The second kappa shape index (κ2) is 10.7. The summed E-state index contributed by atoms with van der Waals surface area (Å²) in [5.41, 5.74) is 3.37. The molecular formula is C20H23Cl2N3O3S. The minimum Gasteiger partial charge on any atom is -0.267 e. The number of amides is 1. The summed E-state index contributed by atoms with van der Waals surface area (Å²) >= 11 is 11.8. The minimum absolute atomic E-state index is 0.162. The van der Waals surface area contributed by atoms with E-state index in [1.165, 1.54) is 34.8 Å². The van der Waals surface area contributed by atoms with E-state index < -0.39 is 15.9 Å². The lowest BCUT2D eigenvalue weighted by atomic mass is 10.2. The van der Waals surface area contributed by atoms with Crippen LogP contribution in [-0.2, 0) is 10.0 Å². The molecule has 0 saturated carbocycles. The van der Waals surface area contributed by atoms with Gasteiger partial charge < -0.3 is 0 Å². The first kappa shape index (κ1) is 23.3. The van der Waals surface area contributed by atoms with Crippen LogP contribution in [0, 0.1) is 0 Å². The van der Waals surface area contributed by atoms with E-state index in [1.807, 2.05) is 13.8 Å². The van der Waals surface area contributed by atoms with E-state index in [4.69, 9.17) is 23.2 Å². The number of carbonyl (C=O) groups is 1. The molecule has 156 valence electrons. The average Bonchev–Trinajstić information content (AvgIpc) is 2.70. The van der Waals surface area contributed by atoms with Gasteiger partial charge >= 0.3 is 0 Å². The number of sulfonamides is 1. The molecule has 1 amide bonds. The Kier molecular flexibility index (Phi) is 8.64. The Balaban J connectivity index is 2.07. The maximum Gasteiger partial charge on any atom is 0.271 e. The average molecular weight is 456 g/mol. The van der Waals surface area contributed by atoms with Gasteiger partial charge in [-0.15, -0.1) is 0 Å². The molecular weight excluding hydrogens is 433 g/mol. The van der Waals surface area contributed by atoms with E-state index >= 15 is 0 Å². The lowest BCUT2D eigenvalue weighted by molar-refractivity contribution is 0.0955. The first-order chi connectivity index (χ1) is 13.8. The Morgan fingerprint density at radius 2 is 1.66 bits per heavy atom. The molecule has 29 heavy (non-hydrogen) atoms. The Bertz CT molecular complexity index is 971. The zero-order valence-electron chi connectivity index (χ0n) is 16.2. The van der Waals surface area contributed by atoms with Crippen molar-refractivity contribution < 1.29 is 13.2 Å². The second-order valence-corrected chi connectivity index (χ2v) is 9.05. The summed E-state index contributed by atoms with van der Waals surface area (Å²) in [6, 6.07) is 10.8. The van der Waals surface area contributed by atoms with Gasteiger partial charge in [0.25, 0.3) is 5.91 Å². The predicted octanol–water partition coefficient (Wildman–Crippen LogP) is 4.57. The van der Waals surface area contributed by atoms with Crippen molar-refractivity contribution in [2.24, 2.45) is 5.10 Å². The van der Waals surface area contributed by atoms with Crippen LogP contribution in [0.2, 0.25) is 10.0 Å². The van der Waals surface area contributed by atoms with Crippen LogP contribution in [0.5, 0.6) is 0 Å². The monoisotopic (exact) mass is 455 g/mol. The Hall–Kier alpha value is -1.93. The SMILES string of the molecule is CCCN(CCC)S(=O)(=O)c1ccc(C(=O)N/N=C\c2ccc(Cl)c(Cl)c2)cc1. The van der Waals surface area contributed by atoms with Crippen molar-refractivity contribution >= 4 is 45.3 Å². The van der Waals surface area contributed by atoms with Crippen molar-refractivity contribution in [2.45, 2.75) is 31.6 Å². The number of benzene rings is 2. The fourth-order valence-electron chi connectivity index (χ4n) is 2.60. The summed E-state index contributed by atoms with van der Waals surface area (Å²) < 4.78 is 27.0. The molecule has 0 aliphatic heterocycles. The van der Waals surface area contributed by atoms with Crippen molar-refractivity contribution in [3.63, 3.8) is 0 Å². The molecule has 0 aromatic heterocycles. The number of rotatable bonds is 9. The van der Waals surface area contributed by atoms with E-state index in [1.54, 1.807) is 18.2 Å². The molecule has 0 bridgehead atoms. The van der Waals surface area contributed by atoms with Crippen LogP contribution < -0.4 is 5.43 Å². The fraction of sp³-hybridized carbons (Fsp3) is 0.300. The first-order valence-electron chi connectivity index (χ1n) is 9.18. The summed E-state index contributed by atoms with van der Waals surface area (Å²) in [4.78, 5) is 12.4. The van der Waals surface area contributed by atoms with Crippen molar-refractivity contribution in [1.29, 1.82) is 0 Å². The van der Waals surface area contributed by atoms with E-state index in [-0.39, 0.29) is 4.90 Å². The molecule has 2 rings (SSSR count). The first-order valence-corrected chi connectivity index (χ1v) is 11.4. The summed E-state index contributed by atoms with van der Waals surface area (Å²) in [6.45, 7) is 4.79. The highest BCUT2D eigenvalue weighted by atomic mass is 35.5. The summed E-state index contributed by atoms with van der Waals surface area (Å²) in [6.07, 6.45) is 2.90. The maximum atomic E-state index is 12.8. The highest BCUT2D eigenvalue weighted by Gasteiger charge is 2.23.